The molecule has 2 N–H and O–H groups in total. The maximum absolute atomic E-state index is 13.2. The predicted octanol–water partition coefficient (Wildman–Crippen LogP) is 1.48. The van der Waals surface area contributed by atoms with E-state index in [9.17, 15) is 18.0 Å². The van der Waals surface area contributed by atoms with Crippen molar-refractivity contribution in [1.29, 1.82) is 0 Å². The van der Waals surface area contributed by atoms with Gasteiger partial charge < -0.3 is 20.1 Å². The lowest BCUT2D eigenvalue weighted by atomic mass is 10.1. The third-order valence-corrected chi connectivity index (χ3v) is 7.36. The Morgan fingerprint density at radius 3 is 2.52 bits per heavy atom. The van der Waals surface area contributed by atoms with E-state index in [0.717, 1.165) is 11.1 Å². The highest BCUT2D eigenvalue weighted by atomic mass is 32.2. The summed E-state index contributed by atoms with van der Waals surface area (Å²) in [5.41, 5.74) is 2.59. The Morgan fingerprint density at radius 1 is 1.09 bits per heavy atom. The van der Waals surface area contributed by atoms with Gasteiger partial charge in [-0.3, -0.25) is 9.59 Å². The molecule has 0 aliphatic carbocycles. The van der Waals surface area contributed by atoms with Gasteiger partial charge in [-0.15, -0.1) is 0 Å². The average Bonchev–Trinajstić information content (AvgIpc) is 2.81. The minimum atomic E-state index is -3.88. The summed E-state index contributed by atoms with van der Waals surface area (Å²) < 4.78 is 38.5. The number of hydrogen-bond acceptors (Lipinski definition) is 6. The van der Waals surface area contributed by atoms with Crippen LogP contribution in [0.1, 0.15) is 23.1 Å². The van der Waals surface area contributed by atoms with Gasteiger partial charge in [0.05, 0.1) is 25.2 Å². The molecule has 9 nitrogen and oxygen atoms in total. The van der Waals surface area contributed by atoms with Crippen molar-refractivity contribution >= 4 is 21.8 Å². The topological polar surface area (TPSA) is 114 Å². The van der Waals surface area contributed by atoms with Crippen LogP contribution in [0.5, 0.6) is 5.75 Å². The SMILES string of the molecule is COc1ccc(S(=O)(=O)N2CCCO[C@@H]2CNC(=O)C(=O)NCc2ccccc2C)cc1C. The molecule has 0 saturated carbocycles. The number of nitrogens with one attached hydrogen (secondary N) is 2. The van der Waals surface area contributed by atoms with E-state index in [4.69, 9.17) is 9.47 Å². The van der Waals surface area contributed by atoms with Crippen LogP contribution in [0.25, 0.3) is 0 Å². The number of methoxy groups -OCH3 is 1. The van der Waals surface area contributed by atoms with Crippen LogP contribution in [0.15, 0.2) is 47.4 Å². The quantitative estimate of drug-likeness (QED) is 0.587. The number of carbonyl (C=O) groups is 2. The van der Waals surface area contributed by atoms with Crippen molar-refractivity contribution < 1.29 is 27.5 Å². The van der Waals surface area contributed by atoms with E-state index in [2.05, 4.69) is 10.6 Å². The van der Waals surface area contributed by atoms with Crippen molar-refractivity contribution in [3.8, 4) is 5.75 Å². The molecule has 0 unspecified atom stereocenters. The summed E-state index contributed by atoms with van der Waals surface area (Å²) in [5.74, 6) is -1.06. The molecule has 1 aliphatic rings. The van der Waals surface area contributed by atoms with Gasteiger partial charge in [-0.05, 0) is 55.2 Å². The van der Waals surface area contributed by atoms with Crippen LogP contribution in [0.4, 0.5) is 0 Å². The molecule has 1 heterocycles. The summed E-state index contributed by atoms with van der Waals surface area (Å²) in [6.45, 7) is 4.35. The summed E-state index contributed by atoms with van der Waals surface area (Å²) in [7, 11) is -2.36. The summed E-state index contributed by atoms with van der Waals surface area (Å²) in [5, 5.41) is 5.06. The molecule has 1 saturated heterocycles. The van der Waals surface area contributed by atoms with Gasteiger partial charge in [-0.2, -0.15) is 4.31 Å². The van der Waals surface area contributed by atoms with Gasteiger partial charge in [-0.1, -0.05) is 24.3 Å². The number of hydrogen-bond donors (Lipinski definition) is 2. The first-order valence-corrected chi connectivity index (χ1v) is 12.1. The van der Waals surface area contributed by atoms with Gasteiger partial charge in [0, 0.05) is 13.1 Å². The van der Waals surface area contributed by atoms with E-state index in [1.807, 2.05) is 31.2 Å². The predicted molar refractivity (Wildman–Crippen MR) is 122 cm³/mol. The van der Waals surface area contributed by atoms with E-state index in [-0.39, 0.29) is 24.5 Å². The van der Waals surface area contributed by atoms with Crippen LogP contribution in [0.2, 0.25) is 0 Å². The van der Waals surface area contributed by atoms with Crippen LogP contribution in [0.3, 0.4) is 0 Å². The van der Waals surface area contributed by atoms with Gasteiger partial charge in [-0.25, -0.2) is 8.42 Å². The van der Waals surface area contributed by atoms with Crippen molar-refractivity contribution in [2.24, 2.45) is 0 Å². The van der Waals surface area contributed by atoms with Gasteiger partial charge >= 0.3 is 11.8 Å². The van der Waals surface area contributed by atoms with Crippen molar-refractivity contribution in [2.45, 2.75) is 37.9 Å². The van der Waals surface area contributed by atoms with E-state index in [1.165, 1.54) is 23.5 Å². The second kappa shape index (κ2) is 10.8. The lowest BCUT2D eigenvalue weighted by molar-refractivity contribution is -0.140. The summed E-state index contributed by atoms with van der Waals surface area (Å²) in [4.78, 5) is 24.6. The molecule has 3 rings (SSSR count). The lowest BCUT2D eigenvalue weighted by Crippen LogP contribution is -2.53. The van der Waals surface area contributed by atoms with Crippen molar-refractivity contribution in [2.75, 3.05) is 26.8 Å². The molecule has 2 aromatic carbocycles. The maximum Gasteiger partial charge on any atom is 0.309 e. The van der Waals surface area contributed by atoms with Gasteiger partial charge in [0.2, 0.25) is 10.0 Å². The van der Waals surface area contributed by atoms with Gasteiger partial charge in [0.1, 0.15) is 12.0 Å². The fourth-order valence-electron chi connectivity index (χ4n) is 3.57. The Hall–Kier alpha value is -2.95. The van der Waals surface area contributed by atoms with Crippen molar-refractivity contribution in [3.63, 3.8) is 0 Å². The molecule has 2 amide bonds. The van der Waals surface area contributed by atoms with Crippen LogP contribution in [0, 0.1) is 13.8 Å². The Bertz CT molecular complexity index is 1120. The lowest BCUT2D eigenvalue weighted by Gasteiger charge is -2.34. The number of ether oxygens (including phenoxy) is 2. The average molecular weight is 476 g/mol. The molecular weight excluding hydrogens is 446 g/mol. The molecule has 1 atom stereocenters. The second-order valence-corrected chi connectivity index (χ2v) is 9.64. The van der Waals surface area contributed by atoms with Gasteiger partial charge in [0.25, 0.3) is 0 Å². The Morgan fingerprint density at radius 2 is 1.82 bits per heavy atom. The summed E-state index contributed by atoms with van der Waals surface area (Å²) in [6.07, 6.45) is -0.394. The first-order valence-electron chi connectivity index (χ1n) is 10.6. The zero-order chi connectivity index (χ0) is 24.0. The Balaban J connectivity index is 1.63. The molecule has 2 aromatic rings. The molecule has 0 radical (unpaired) electrons. The number of rotatable bonds is 7. The fraction of sp³-hybridized carbons (Fsp3) is 0.391. The zero-order valence-electron chi connectivity index (χ0n) is 19.0. The third-order valence-electron chi connectivity index (χ3n) is 5.47. The largest absolute Gasteiger partial charge is 0.496 e. The molecule has 178 valence electrons. The molecule has 0 aromatic heterocycles. The van der Waals surface area contributed by atoms with Crippen LogP contribution >= 0.6 is 0 Å². The summed E-state index contributed by atoms with van der Waals surface area (Å²) in [6, 6.07) is 12.2. The van der Waals surface area contributed by atoms with E-state index in [0.29, 0.717) is 24.3 Å². The zero-order valence-corrected chi connectivity index (χ0v) is 19.8. The Kier molecular flexibility index (Phi) is 8.06. The number of carbonyl (C=O) groups excluding carboxylic acids is 2. The highest BCUT2D eigenvalue weighted by molar-refractivity contribution is 7.89. The molecule has 1 fully saturated rings. The molecule has 1 aliphatic heterocycles. The molecule has 33 heavy (non-hydrogen) atoms. The highest BCUT2D eigenvalue weighted by Crippen LogP contribution is 2.26. The minimum absolute atomic E-state index is 0.110. The number of benzene rings is 2. The van der Waals surface area contributed by atoms with Crippen LogP contribution in [-0.4, -0.2) is 57.6 Å². The first-order chi connectivity index (χ1) is 15.7. The summed E-state index contributed by atoms with van der Waals surface area (Å²) >= 11 is 0. The van der Waals surface area contributed by atoms with Crippen LogP contribution in [-0.2, 0) is 30.9 Å². The normalized spacial score (nSPS) is 16.8. The number of sulfonamides is 1. The monoisotopic (exact) mass is 475 g/mol. The van der Waals surface area contributed by atoms with E-state index >= 15 is 0 Å². The minimum Gasteiger partial charge on any atom is -0.496 e. The van der Waals surface area contributed by atoms with Crippen LogP contribution < -0.4 is 15.4 Å². The number of amides is 2. The molecular formula is C23H29N3O6S. The Labute approximate surface area is 194 Å². The third kappa shape index (κ3) is 5.89. The fourth-order valence-corrected chi connectivity index (χ4v) is 5.22. The smallest absolute Gasteiger partial charge is 0.309 e. The second-order valence-electron chi connectivity index (χ2n) is 7.75. The number of aryl methyl sites for hydroxylation is 2. The molecule has 0 spiro atoms. The van der Waals surface area contributed by atoms with Gasteiger partial charge in [0.15, 0.2) is 0 Å². The maximum atomic E-state index is 13.2. The molecule has 0 bridgehead atoms. The van der Waals surface area contributed by atoms with E-state index in [1.54, 1.807) is 13.0 Å². The van der Waals surface area contributed by atoms with E-state index < -0.39 is 28.1 Å². The highest BCUT2D eigenvalue weighted by Gasteiger charge is 2.35. The standard InChI is InChI=1S/C23H29N3O6S/c1-16-7-4-5-8-18(16)14-24-22(27)23(28)25-15-21-26(11-6-12-32-21)33(29,30)19-9-10-20(31-3)17(2)13-19/h4-5,7-10,13,21H,6,11-12,14-15H2,1-3H3,(H,24,27)(H,25,28)/t21-/m1/s1. The first kappa shape index (κ1) is 24.7. The van der Waals surface area contributed by atoms with Crippen molar-refractivity contribution in [3.05, 3.63) is 59.2 Å². The molecule has 10 heteroatoms. The van der Waals surface area contributed by atoms with Crippen molar-refractivity contribution in [1.82, 2.24) is 14.9 Å². The number of nitrogens with zero attached hydrogens (tertiary/aromatic N) is 1.